The van der Waals surface area contributed by atoms with E-state index in [0.717, 1.165) is 5.69 Å². The van der Waals surface area contributed by atoms with E-state index in [1.807, 2.05) is 0 Å². The number of rotatable bonds is 4. The van der Waals surface area contributed by atoms with Crippen LogP contribution in [0.15, 0.2) is 18.6 Å². The van der Waals surface area contributed by atoms with E-state index in [0.29, 0.717) is 18.7 Å². The van der Waals surface area contributed by atoms with Crippen LogP contribution in [-0.2, 0) is 5.54 Å². The van der Waals surface area contributed by atoms with Crippen molar-refractivity contribution in [2.24, 2.45) is 0 Å². The van der Waals surface area contributed by atoms with Gasteiger partial charge in [-0.25, -0.2) is 18.7 Å². The molecule has 0 aromatic carbocycles. The zero-order valence-corrected chi connectivity index (χ0v) is 13.3. The molecule has 1 aliphatic rings. The Bertz CT molecular complexity index is 974. The van der Waals surface area contributed by atoms with Gasteiger partial charge in [-0.15, -0.1) is 0 Å². The number of aromatic amines is 1. The van der Waals surface area contributed by atoms with Crippen LogP contribution in [0.4, 0.5) is 20.4 Å². The lowest BCUT2D eigenvalue weighted by Gasteiger charge is -2.17. The fourth-order valence-corrected chi connectivity index (χ4v) is 2.95. The summed E-state index contributed by atoms with van der Waals surface area (Å²) < 4.78 is 28.4. The van der Waals surface area contributed by atoms with Gasteiger partial charge in [-0.2, -0.15) is 5.10 Å². The number of nitrogens with two attached hydrogens (primary N) is 1. The predicted molar refractivity (Wildman–Crippen MR) is 86.4 cm³/mol. The van der Waals surface area contributed by atoms with Gasteiger partial charge in [0.05, 0.1) is 10.9 Å². The number of aromatic nitrogens is 5. The van der Waals surface area contributed by atoms with Gasteiger partial charge in [-0.1, -0.05) is 0 Å². The van der Waals surface area contributed by atoms with Gasteiger partial charge >= 0.3 is 0 Å². The first kappa shape index (κ1) is 15.5. The van der Waals surface area contributed by atoms with Crippen molar-refractivity contribution in [3.63, 3.8) is 0 Å². The monoisotopic (exact) mass is 347 g/mol. The average molecular weight is 347 g/mol. The molecule has 3 aromatic rings. The van der Waals surface area contributed by atoms with Gasteiger partial charge in [-0.05, 0) is 19.8 Å². The van der Waals surface area contributed by atoms with Gasteiger partial charge in [0.2, 0.25) is 0 Å². The summed E-state index contributed by atoms with van der Waals surface area (Å²) in [5.41, 5.74) is 5.70. The summed E-state index contributed by atoms with van der Waals surface area (Å²) in [4.78, 5) is 20.6. The molecule has 10 heteroatoms. The molecule has 25 heavy (non-hydrogen) atoms. The van der Waals surface area contributed by atoms with Crippen LogP contribution in [0.1, 0.15) is 28.9 Å². The van der Waals surface area contributed by atoms with E-state index in [-0.39, 0.29) is 22.4 Å². The molecule has 3 aromatic heterocycles. The number of aryl methyl sites for hydroxylation is 1. The van der Waals surface area contributed by atoms with E-state index in [1.165, 1.54) is 17.1 Å². The van der Waals surface area contributed by atoms with Crippen LogP contribution in [0.25, 0.3) is 11.0 Å². The number of nitrogen functional groups attached to an aromatic ring is 1. The summed E-state index contributed by atoms with van der Waals surface area (Å²) in [6, 6.07) is 1.65. The Morgan fingerprint density at radius 3 is 2.80 bits per heavy atom. The number of alkyl halides is 2. The van der Waals surface area contributed by atoms with E-state index in [2.05, 4.69) is 25.5 Å². The van der Waals surface area contributed by atoms with Crippen molar-refractivity contribution in [3.8, 4) is 0 Å². The Hall–Kier alpha value is -3.04. The largest absolute Gasteiger partial charge is 0.383 e. The SMILES string of the molecule is Cc1cc(NC(=O)c2cn(C3(C(F)F)CC3)c3ncnc(N)c23)n[nH]1. The van der Waals surface area contributed by atoms with E-state index in [9.17, 15) is 13.6 Å². The summed E-state index contributed by atoms with van der Waals surface area (Å²) in [6.45, 7) is 1.79. The third-order valence-corrected chi connectivity index (χ3v) is 4.45. The second-order valence-electron chi connectivity index (χ2n) is 6.16. The van der Waals surface area contributed by atoms with Gasteiger partial charge in [0.25, 0.3) is 12.3 Å². The maximum atomic E-state index is 13.5. The minimum atomic E-state index is -2.57. The summed E-state index contributed by atoms with van der Waals surface area (Å²) in [5.74, 6) is -0.118. The first-order valence-electron chi connectivity index (χ1n) is 7.66. The van der Waals surface area contributed by atoms with E-state index in [4.69, 9.17) is 5.73 Å². The van der Waals surface area contributed by atoms with E-state index < -0.39 is 17.9 Å². The van der Waals surface area contributed by atoms with Crippen LogP contribution < -0.4 is 11.1 Å². The number of nitrogens with one attached hydrogen (secondary N) is 2. The lowest BCUT2D eigenvalue weighted by atomic mass is 10.2. The minimum absolute atomic E-state index is 0.0668. The van der Waals surface area contributed by atoms with Crippen LogP contribution in [0.5, 0.6) is 0 Å². The summed E-state index contributed by atoms with van der Waals surface area (Å²) >= 11 is 0. The second-order valence-corrected chi connectivity index (χ2v) is 6.16. The lowest BCUT2D eigenvalue weighted by molar-refractivity contribution is 0.0690. The molecular formula is C15H15F2N7O. The Morgan fingerprint density at radius 2 is 2.20 bits per heavy atom. The zero-order chi connectivity index (χ0) is 17.8. The zero-order valence-electron chi connectivity index (χ0n) is 13.3. The molecule has 0 atom stereocenters. The van der Waals surface area contributed by atoms with Crippen molar-refractivity contribution in [1.82, 2.24) is 24.7 Å². The third kappa shape index (κ3) is 2.32. The van der Waals surface area contributed by atoms with Crippen molar-refractivity contribution < 1.29 is 13.6 Å². The van der Waals surface area contributed by atoms with Crippen LogP contribution in [0.2, 0.25) is 0 Å². The summed E-state index contributed by atoms with van der Waals surface area (Å²) in [6.07, 6.45) is 0.651. The molecule has 3 heterocycles. The quantitative estimate of drug-likeness (QED) is 0.668. The smallest absolute Gasteiger partial charge is 0.261 e. The van der Waals surface area contributed by atoms with Crippen LogP contribution >= 0.6 is 0 Å². The molecule has 1 amide bonds. The van der Waals surface area contributed by atoms with Crippen molar-refractivity contribution in [3.05, 3.63) is 29.8 Å². The number of anilines is 2. The number of hydrogen-bond acceptors (Lipinski definition) is 5. The van der Waals surface area contributed by atoms with E-state index in [1.54, 1.807) is 13.0 Å². The first-order chi connectivity index (χ1) is 11.9. The predicted octanol–water partition coefficient (Wildman–Crippen LogP) is 2.05. The van der Waals surface area contributed by atoms with Crippen molar-refractivity contribution in [2.75, 3.05) is 11.1 Å². The number of fused-ring (bicyclic) bond motifs is 1. The molecule has 130 valence electrons. The lowest BCUT2D eigenvalue weighted by Crippen LogP contribution is -2.25. The minimum Gasteiger partial charge on any atom is -0.383 e. The maximum absolute atomic E-state index is 13.5. The molecule has 1 saturated carbocycles. The third-order valence-electron chi connectivity index (χ3n) is 4.45. The van der Waals surface area contributed by atoms with Crippen molar-refractivity contribution in [1.29, 1.82) is 0 Å². The number of carbonyl (C=O) groups is 1. The number of amides is 1. The number of halogens is 2. The fourth-order valence-electron chi connectivity index (χ4n) is 2.95. The summed E-state index contributed by atoms with van der Waals surface area (Å²) in [5, 5.41) is 9.53. The molecule has 8 nitrogen and oxygen atoms in total. The van der Waals surface area contributed by atoms with Crippen LogP contribution in [0.3, 0.4) is 0 Å². The number of nitrogens with zero attached hydrogens (tertiary/aromatic N) is 4. The first-order valence-corrected chi connectivity index (χ1v) is 7.66. The molecule has 0 aliphatic heterocycles. The molecule has 4 rings (SSSR count). The topological polar surface area (TPSA) is 115 Å². The highest BCUT2D eigenvalue weighted by molar-refractivity contribution is 6.14. The van der Waals surface area contributed by atoms with Crippen molar-refractivity contribution >= 4 is 28.6 Å². The Morgan fingerprint density at radius 1 is 1.44 bits per heavy atom. The van der Waals surface area contributed by atoms with Crippen LogP contribution in [0, 0.1) is 6.92 Å². The molecule has 1 fully saturated rings. The Balaban J connectivity index is 1.82. The molecule has 1 aliphatic carbocycles. The van der Waals surface area contributed by atoms with Crippen molar-refractivity contribution in [2.45, 2.75) is 31.7 Å². The highest BCUT2D eigenvalue weighted by Crippen LogP contribution is 2.50. The number of carbonyl (C=O) groups excluding carboxylic acids is 1. The molecule has 0 saturated heterocycles. The standard InChI is InChI=1S/C15H15F2N7O/c1-7-4-9(23-22-7)21-13(25)8-5-24(15(2-3-15)14(16)17)12-10(8)11(18)19-6-20-12/h4-6,14H,2-3H2,1H3,(H2,18,19,20)(H2,21,22,23,25). The molecule has 4 N–H and O–H groups in total. The normalized spacial score (nSPS) is 15.7. The molecule has 0 bridgehead atoms. The van der Waals surface area contributed by atoms with Gasteiger partial charge in [0, 0.05) is 18.0 Å². The maximum Gasteiger partial charge on any atom is 0.261 e. The van der Waals surface area contributed by atoms with E-state index >= 15 is 0 Å². The molecule has 0 unspecified atom stereocenters. The average Bonchev–Trinajstić information content (AvgIpc) is 3.13. The molecule has 0 spiro atoms. The Labute approximate surface area is 140 Å². The Kier molecular flexibility index (Phi) is 3.24. The fraction of sp³-hybridized carbons (Fsp3) is 0.333. The highest BCUT2D eigenvalue weighted by Gasteiger charge is 2.54. The second kappa shape index (κ2) is 5.23. The van der Waals surface area contributed by atoms with Gasteiger partial charge in [0.15, 0.2) is 5.82 Å². The van der Waals surface area contributed by atoms with Gasteiger partial charge in [0.1, 0.15) is 23.3 Å². The van der Waals surface area contributed by atoms with Gasteiger partial charge < -0.3 is 15.6 Å². The highest BCUT2D eigenvalue weighted by atomic mass is 19.3. The molecule has 0 radical (unpaired) electrons. The molecular weight excluding hydrogens is 332 g/mol. The van der Waals surface area contributed by atoms with Gasteiger partial charge in [-0.3, -0.25) is 9.89 Å². The number of H-pyrrole nitrogens is 1. The summed E-state index contributed by atoms with van der Waals surface area (Å²) in [7, 11) is 0. The number of hydrogen-bond donors (Lipinski definition) is 3. The van der Waals surface area contributed by atoms with Crippen LogP contribution in [-0.4, -0.2) is 37.1 Å².